The van der Waals surface area contributed by atoms with Crippen molar-refractivity contribution in [3.8, 4) is 11.3 Å². The molecule has 173 valence electrons. The van der Waals surface area contributed by atoms with Crippen molar-refractivity contribution < 1.29 is 30.0 Å². The summed E-state index contributed by atoms with van der Waals surface area (Å²) in [5.74, 6) is 1.23. The number of hydrogen-bond donors (Lipinski definition) is 1. The molecular formula is C28H28IrNO2S-. The minimum Gasteiger partial charge on any atom is -0.512 e. The number of fused-ring (bicyclic) bond motifs is 5. The van der Waals surface area contributed by atoms with Crippen LogP contribution in [-0.4, -0.2) is 15.9 Å². The Labute approximate surface area is 212 Å². The Balaban J connectivity index is 0.000000337. The Hall–Kier alpha value is -2.33. The second-order valence-corrected chi connectivity index (χ2v) is 9.68. The Bertz CT molecular complexity index is 1310. The molecule has 0 spiro atoms. The molecule has 0 bridgehead atoms. The molecule has 2 unspecified atom stereocenters. The smallest absolute Gasteiger partial charge is 0.155 e. The number of carbonyl (C=O) groups excluding carboxylic acids is 1. The molecular weight excluding hydrogens is 607 g/mol. The largest absolute Gasteiger partial charge is 0.512 e. The first kappa shape index (κ1) is 25.3. The molecule has 5 heteroatoms. The van der Waals surface area contributed by atoms with E-state index < -0.39 is 0 Å². The third kappa shape index (κ3) is 5.27. The average Bonchev–Trinajstić information content (AvgIpc) is 3.15. The van der Waals surface area contributed by atoms with Crippen LogP contribution >= 0.6 is 11.3 Å². The van der Waals surface area contributed by atoms with E-state index in [9.17, 15) is 4.79 Å². The van der Waals surface area contributed by atoms with Crippen LogP contribution in [0.2, 0.25) is 0 Å². The molecule has 1 aliphatic carbocycles. The van der Waals surface area contributed by atoms with Gasteiger partial charge >= 0.3 is 0 Å². The van der Waals surface area contributed by atoms with Gasteiger partial charge < -0.3 is 10.1 Å². The number of benzene rings is 2. The van der Waals surface area contributed by atoms with E-state index >= 15 is 0 Å². The molecule has 0 saturated carbocycles. The van der Waals surface area contributed by atoms with Crippen molar-refractivity contribution in [1.29, 1.82) is 0 Å². The number of ketones is 1. The predicted octanol–water partition coefficient (Wildman–Crippen LogP) is 7.95. The zero-order chi connectivity index (χ0) is 22.8. The van der Waals surface area contributed by atoms with E-state index in [0.717, 1.165) is 11.3 Å². The zero-order valence-corrected chi connectivity index (χ0v) is 22.5. The Kier molecular flexibility index (Phi) is 8.23. The zero-order valence-electron chi connectivity index (χ0n) is 19.3. The topological polar surface area (TPSA) is 50.2 Å². The molecule has 2 atom stereocenters. The number of thiophene rings is 1. The molecule has 0 fully saturated rings. The number of carbonyl (C=O) groups is 1. The molecule has 0 amide bonds. The number of nitrogens with zero attached hydrogens (tertiary/aromatic N) is 1. The molecule has 4 aromatic rings. The van der Waals surface area contributed by atoms with Gasteiger partial charge in [-0.1, -0.05) is 19.9 Å². The van der Waals surface area contributed by atoms with E-state index in [4.69, 9.17) is 10.1 Å². The van der Waals surface area contributed by atoms with Crippen LogP contribution in [0.5, 0.6) is 0 Å². The van der Waals surface area contributed by atoms with Crippen molar-refractivity contribution in [2.75, 3.05) is 0 Å². The number of aliphatic hydroxyl groups is 1. The van der Waals surface area contributed by atoms with Gasteiger partial charge in [-0.25, -0.2) is 0 Å². The van der Waals surface area contributed by atoms with Gasteiger partial charge in [0.1, 0.15) is 0 Å². The van der Waals surface area contributed by atoms with E-state index in [-0.39, 0.29) is 31.6 Å². The van der Waals surface area contributed by atoms with Crippen molar-refractivity contribution in [1.82, 2.24) is 4.98 Å². The quantitative estimate of drug-likeness (QED) is 0.138. The number of allylic oxidation sites excluding steroid dienone is 2. The maximum atomic E-state index is 10.0. The summed E-state index contributed by atoms with van der Waals surface area (Å²) >= 11 is 1.88. The minimum atomic E-state index is -0.125. The molecule has 2 aromatic carbocycles. The van der Waals surface area contributed by atoms with Crippen molar-refractivity contribution in [2.45, 2.75) is 52.4 Å². The molecule has 1 N–H and O–H groups in total. The first-order chi connectivity index (χ1) is 15.4. The van der Waals surface area contributed by atoms with Gasteiger partial charge in [0.2, 0.25) is 0 Å². The van der Waals surface area contributed by atoms with Crippen molar-refractivity contribution >= 4 is 37.3 Å². The third-order valence-corrected chi connectivity index (χ3v) is 7.24. The second-order valence-electron chi connectivity index (χ2n) is 8.63. The van der Waals surface area contributed by atoms with Gasteiger partial charge in [-0.3, -0.25) is 4.79 Å². The molecule has 1 radical (unpaired) electrons. The fourth-order valence-electron chi connectivity index (χ4n) is 4.62. The van der Waals surface area contributed by atoms with E-state index in [1.165, 1.54) is 52.9 Å². The van der Waals surface area contributed by atoms with Crippen LogP contribution in [0, 0.1) is 6.07 Å². The fourth-order valence-corrected chi connectivity index (χ4v) is 5.84. The summed E-state index contributed by atoms with van der Waals surface area (Å²) in [6.07, 6.45) is 5.71. The van der Waals surface area contributed by atoms with Crippen LogP contribution in [0.15, 0.2) is 60.5 Å². The van der Waals surface area contributed by atoms with Gasteiger partial charge in [-0.15, -0.1) is 47.2 Å². The number of aliphatic hydroxyl groups excluding tert-OH is 1. The molecule has 33 heavy (non-hydrogen) atoms. The molecule has 1 aliphatic rings. The van der Waals surface area contributed by atoms with Gasteiger partial charge in [-0.05, 0) is 67.2 Å². The summed E-state index contributed by atoms with van der Waals surface area (Å²) in [4.78, 5) is 14.7. The second kappa shape index (κ2) is 10.7. The monoisotopic (exact) mass is 635 g/mol. The maximum Gasteiger partial charge on any atom is 0.155 e. The molecule has 3 nitrogen and oxygen atoms in total. The molecule has 0 aliphatic heterocycles. The summed E-state index contributed by atoms with van der Waals surface area (Å²) in [6.45, 7) is 7.61. The molecule has 2 heterocycles. The maximum absolute atomic E-state index is 10.0. The summed E-state index contributed by atoms with van der Waals surface area (Å²) in [5, 5.41) is 11.2. The number of aromatic nitrogens is 1. The molecule has 5 rings (SSSR count). The van der Waals surface area contributed by atoms with Crippen LogP contribution in [0.25, 0.3) is 31.4 Å². The standard InChI is InChI=1S/C23H20NS.C5H8O2.Ir/c1-14-8-9-15(2)20-17(14)10-11-19-21(20)18-12-13-24-22(23(18)25-19)16-6-4-3-5-7-16;1-4(6)3-5(2)7;/h3-6,10-15H,8-9H2,1-2H3;3,6H,1-2H3;/q-1;;/b;4-3-;. The van der Waals surface area contributed by atoms with E-state index in [0.29, 0.717) is 11.8 Å². The Morgan fingerprint density at radius 1 is 1.12 bits per heavy atom. The van der Waals surface area contributed by atoms with E-state index in [2.05, 4.69) is 50.2 Å². The van der Waals surface area contributed by atoms with Crippen molar-refractivity contribution in [3.63, 3.8) is 0 Å². The van der Waals surface area contributed by atoms with Gasteiger partial charge in [-0.2, -0.15) is 0 Å². The molecule has 2 aromatic heterocycles. The first-order valence-corrected chi connectivity index (χ1v) is 11.9. The average molecular weight is 635 g/mol. The minimum absolute atomic E-state index is 0. The molecule has 0 saturated heterocycles. The number of hydrogen-bond acceptors (Lipinski definition) is 4. The summed E-state index contributed by atoms with van der Waals surface area (Å²) in [6, 6.07) is 18.4. The summed E-state index contributed by atoms with van der Waals surface area (Å²) in [5.41, 5.74) is 5.27. The summed E-state index contributed by atoms with van der Waals surface area (Å²) in [7, 11) is 0. The van der Waals surface area contributed by atoms with Crippen LogP contribution in [0.1, 0.15) is 63.5 Å². The Morgan fingerprint density at radius 3 is 2.52 bits per heavy atom. The SMILES string of the molecule is CC(=O)/C=C(/C)O.CC1CCC(C)c2c1ccc1sc3c(-c4[c-]cccc4)nccc3c21.[Ir]. The number of pyridine rings is 1. The van der Waals surface area contributed by atoms with E-state index in [1.54, 1.807) is 11.1 Å². The van der Waals surface area contributed by atoms with Crippen LogP contribution in [-0.2, 0) is 24.9 Å². The normalized spacial score (nSPS) is 17.6. The van der Waals surface area contributed by atoms with Crippen molar-refractivity contribution in [2.24, 2.45) is 0 Å². The third-order valence-electron chi connectivity index (χ3n) is 6.06. The van der Waals surface area contributed by atoms with Gasteiger partial charge in [0.25, 0.3) is 0 Å². The first-order valence-electron chi connectivity index (χ1n) is 11.1. The van der Waals surface area contributed by atoms with Crippen LogP contribution < -0.4 is 0 Å². The fraction of sp³-hybridized carbons (Fsp3) is 0.286. The number of rotatable bonds is 2. The van der Waals surface area contributed by atoms with Gasteiger partial charge in [0.15, 0.2) is 5.78 Å². The van der Waals surface area contributed by atoms with Gasteiger partial charge in [0, 0.05) is 52.9 Å². The Morgan fingerprint density at radius 2 is 1.88 bits per heavy atom. The predicted molar refractivity (Wildman–Crippen MR) is 135 cm³/mol. The van der Waals surface area contributed by atoms with Crippen LogP contribution in [0.4, 0.5) is 0 Å². The summed E-state index contributed by atoms with van der Waals surface area (Å²) < 4.78 is 2.68. The van der Waals surface area contributed by atoms with E-state index in [1.807, 2.05) is 29.7 Å². The van der Waals surface area contributed by atoms with Crippen molar-refractivity contribution in [3.05, 3.63) is 77.7 Å². The van der Waals surface area contributed by atoms with Gasteiger partial charge in [0.05, 0.1) is 5.76 Å². The van der Waals surface area contributed by atoms with Crippen LogP contribution in [0.3, 0.4) is 0 Å².